The number of phosphoric acid groups is 1. The van der Waals surface area contributed by atoms with E-state index in [0.717, 1.165) is 10.9 Å². The van der Waals surface area contributed by atoms with Crippen LogP contribution >= 0.6 is 7.82 Å². The minimum Gasteiger partial charge on any atom is -0.394 e. The Bertz CT molecular complexity index is 861. The summed E-state index contributed by atoms with van der Waals surface area (Å²) in [6.45, 7) is -0.624. The molecule has 2 aromatic rings. The first-order chi connectivity index (χ1) is 11.2. The molecule has 1 aliphatic rings. The van der Waals surface area contributed by atoms with Gasteiger partial charge < -0.3 is 30.5 Å². The molecular weight excluding hydrogens is 349 g/mol. The van der Waals surface area contributed by atoms with E-state index in [4.69, 9.17) is 20.3 Å². The maximum Gasteiger partial charge on any atom is 0.470 e. The second kappa shape index (κ2) is 5.89. The lowest BCUT2D eigenvalue weighted by atomic mass is 10.1. The normalized spacial score (nSPS) is 27.8. The first kappa shape index (κ1) is 17.0. The number of nitrogen functional groups attached to an aromatic ring is 1. The highest BCUT2D eigenvalue weighted by atomic mass is 31.2. The van der Waals surface area contributed by atoms with Crippen molar-refractivity contribution in [2.45, 2.75) is 24.5 Å². The van der Waals surface area contributed by atoms with E-state index < -0.39 is 44.5 Å². The lowest BCUT2D eigenvalue weighted by Gasteiger charge is -2.22. The SMILES string of the molecule is Nc1nc2c(ncn2[C@H]2O[C@H](CO)C(O)[C@H]2OP(=O)(O)O)c(=O)[nH]1. The molecule has 1 unspecified atom stereocenters. The Labute approximate surface area is 132 Å². The van der Waals surface area contributed by atoms with Gasteiger partial charge in [-0.05, 0) is 0 Å². The number of hydrogen-bond donors (Lipinski definition) is 6. The third kappa shape index (κ3) is 2.93. The highest BCUT2D eigenvalue weighted by molar-refractivity contribution is 7.46. The van der Waals surface area contributed by atoms with Gasteiger partial charge in [-0.25, -0.2) is 9.55 Å². The van der Waals surface area contributed by atoms with Gasteiger partial charge in [0.05, 0.1) is 12.9 Å². The van der Waals surface area contributed by atoms with Crippen molar-refractivity contribution in [1.82, 2.24) is 19.5 Å². The number of aliphatic hydroxyl groups excluding tert-OH is 2. The number of phosphoric ester groups is 1. The topological polar surface area (TPSA) is 206 Å². The third-order valence-electron chi connectivity index (χ3n) is 3.48. The Kier molecular flexibility index (Phi) is 4.17. The predicted octanol–water partition coefficient (Wildman–Crippen LogP) is -2.57. The Morgan fingerprint density at radius 3 is 2.83 bits per heavy atom. The number of nitrogens with two attached hydrogens (primary N) is 1. The number of hydrogen-bond acceptors (Lipinski definition) is 9. The summed E-state index contributed by atoms with van der Waals surface area (Å²) in [6.07, 6.45) is -4.42. The van der Waals surface area contributed by atoms with Crippen molar-refractivity contribution in [2.24, 2.45) is 0 Å². The van der Waals surface area contributed by atoms with E-state index in [0.29, 0.717) is 0 Å². The molecule has 0 spiro atoms. The maximum absolute atomic E-state index is 11.8. The highest BCUT2D eigenvalue weighted by Crippen LogP contribution is 2.44. The monoisotopic (exact) mass is 363 g/mol. The summed E-state index contributed by atoms with van der Waals surface area (Å²) < 4.78 is 22.2. The number of nitrogens with zero attached hydrogens (tertiary/aromatic N) is 3. The molecule has 0 aromatic carbocycles. The largest absolute Gasteiger partial charge is 0.470 e. The Hall–Kier alpha value is -1.86. The van der Waals surface area contributed by atoms with Crippen molar-refractivity contribution in [2.75, 3.05) is 12.3 Å². The Morgan fingerprint density at radius 1 is 1.50 bits per heavy atom. The van der Waals surface area contributed by atoms with E-state index in [1.54, 1.807) is 0 Å². The van der Waals surface area contributed by atoms with Gasteiger partial charge in [-0.3, -0.25) is 18.9 Å². The number of imidazole rings is 1. The quantitative estimate of drug-likeness (QED) is 0.311. The standard InChI is InChI=1S/C10H14N5O8P/c11-10-13-7-4(8(18)14-10)12-2-15(7)9-6(23-24(19,20)21)5(17)3(1-16)22-9/h2-3,5-6,9,16-17H,1H2,(H2,19,20,21)(H3,11,13,14,18)/t3-,5?,6-,9+/m1/s1. The Balaban J connectivity index is 2.09. The average molecular weight is 363 g/mol. The minimum absolute atomic E-state index is 0.0358. The number of ether oxygens (including phenoxy) is 1. The zero-order chi connectivity index (χ0) is 17.6. The maximum atomic E-state index is 11.8. The smallest absolute Gasteiger partial charge is 0.394 e. The fourth-order valence-electron chi connectivity index (χ4n) is 2.49. The summed E-state index contributed by atoms with van der Waals surface area (Å²) in [5.74, 6) is -0.209. The van der Waals surface area contributed by atoms with Crippen LogP contribution in [0.3, 0.4) is 0 Å². The summed E-state index contributed by atoms with van der Waals surface area (Å²) in [5, 5.41) is 19.3. The molecule has 7 N–H and O–H groups in total. The summed E-state index contributed by atoms with van der Waals surface area (Å²) in [5.41, 5.74) is 4.72. The van der Waals surface area contributed by atoms with E-state index in [-0.39, 0.29) is 17.1 Å². The molecule has 0 saturated carbocycles. The highest BCUT2D eigenvalue weighted by Gasteiger charge is 2.48. The second-order valence-corrected chi connectivity index (χ2v) is 6.27. The second-order valence-electron chi connectivity index (χ2n) is 5.07. The number of H-pyrrole nitrogens is 1. The van der Waals surface area contributed by atoms with Crippen LogP contribution in [0.5, 0.6) is 0 Å². The Morgan fingerprint density at radius 2 is 2.21 bits per heavy atom. The van der Waals surface area contributed by atoms with Crippen LogP contribution in [0, 0.1) is 0 Å². The number of nitrogens with one attached hydrogen (secondary N) is 1. The van der Waals surface area contributed by atoms with E-state index in [2.05, 4.69) is 19.5 Å². The van der Waals surface area contributed by atoms with Crippen molar-refractivity contribution < 1.29 is 33.8 Å². The molecule has 1 saturated heterocycles. The van der Waals surface area contributed by atoms with Crippen LogP contribution in [0.4, 0.5) is 5.95 Å². The van der Waals surface area contributed by atoms with E-state index in [9.17, 15) is 19.6 Å². The lowest BCUT2D eigenvalue weighted by Crippen LogP contribution is -2.34. The molecule has 0 amide bonds. The number of rotatable bonds is 4. The molecule has 132 valence electrons. The van der Waals surface area contributed by atoms with Gasteiger partial charge in [0.25, 0.3) is 5.56 Å². The van der Waals surface area contributed by atoms with E-state index >= 15 is 0 Å². The molecule has 14 heteroatoms. The molecule has 0 radical (unpaired) electrons. The van der Waals surface area contributed by atoms with Crippen LogP contribution in [0.25, 0.3) is 11.2 Å². The van der Waals surface area contributed by atoms with Gasteiger partial charge >= 0.3 is 7.82 Å². The first-order valence-electron chi connectivity index (χ1n) is 6.62. The molecular formula is C10H14N5O8P. The van der Waals surface area contributed by atoms with Crippen LogP contribution in [0.1, 0.15) is 6.23 Å². The lowest BCUT2D eigenvalue weighted by molar-refractivity contribution is -0.0505. The predicted molar refractivity (Wildman–Crippen MR) is 76.5 cm³/mol. The molecule has 24 heavy (non-hydrogen) atoms. The van der Waals surface area contributed by atoms with Crippen LogP contribution in [-0.4, -0.2) is 64.4 Å². The van der Waals surface area contributed by atoms with Crippen molar-refractivity contribution in [1.29, 1.82) is 0 Å². The summed E-state index contributed by atoms with van der Waals surface area (Å²) in [6, 6.07) is 0. The fourth-order valence-corrected chi connectivity index (χ4v) is 3.04. The molecule has 3 rings (SSSR count). The average Bonchev–Trinajstić information content (AvgIpc) is 3.00. The third-order valence-corrected chi connectivity index (χ3v) is 3.99. The van der Waals surface area contributed by atoms with Crippen LogP contribution < -0.4 is 11.3 Å². The molecule has 3 heterocycles. The van der Waals surface area contributed by atoms with Gasteiger partial charge in [0.1, 0.15) is 18.3 Å². The zero-order valence-corrected chi connectivity index (χ0v) is 12.8. The molecule has 2 aromatic heterocycles. The molecule has 1 fully saturated rings. The van der Waals surface area contributed by atoms with Crippen LogP contribution in [-0.2, 0) is 13.8 Å². The van der Waals surface area contributed by atoms with Gasteiger partial charge in [-0.15, -0.1) is 0 Å². The van der Waals surface area contributed by atoms with Crippen molar-refractivity contribution >= 4 is 24.9 Å². The number of fused-ring (bicyclic) bond motifs is 1. The number of aromatic amines is 1. The first-order valence-corrected chi connectivity index (χ1v) is 8.15. The molecule has 1 aliphatic heterocycles. The van der Waals surface area contributed by atoms with E-state index in [1.165, 1.54) is 0 Å². The van der Waals surface area contributed by atoms with Gasteiger partial charge in [0.2, 0.25) is 5.95 Å². The van der Waals surface area contributed by atoms with Crippen LogP contribution in [0.2, 0.25) is 0 Å². The zero-order valence-electron chi connectivity index (χ0n) is 11.9. The van der Waals surface area contributed by atoms with Gasteiger partial charge in [0, 0.05) is 0 Å². The van der Waals surface area contributed by atoms with Crippen molar-refractivity contribution in [3.8, 4) is 0 Å². The summed E-state index contributed by atoms with van der Waals surface area (Å²) in [4.78, 5) is 39.8. The number of anilines is 1. The number of aromatic nitrogens is 4. The fraction of sp³-hybridized carbons (Fsp3) is 0.500. The molecule has 0 aliphatic carbocycles. The molecule has 4 atom stereocenters. The van der Waals surface area contributed by atoms with Crippen molar-refractivity contribution in [3.63, 3.8) is 0 Å². The van der Waals surface area contributed by atoms with E-state index in [1.807, 2.05) is 0 Å². The summed E-state index contributed by atoms with van der Waals surface area (Å²) >= 11 is 0. The van der Waals surface area contributed by atoms with Crippen LogP contribution in [0.15, 0.2) is 11.1 Å². The van der Waals surface area contributed by atoms with Crippen molar-refractivity contribution in [3.05, 3.63) is 16.7 Å². The minimum atomic E-state index is -4.98. The van der Waals surface area contributed by atoms with Gasteiger partial charge in [0.15, 0.2) is 17.4 Å². The number of aliphatic hydroxyl groups is 2. The van der Waals surface area contributed by atoms with Gasteiger partial charge in [-0.1, -0.05) is 0 Å². The molecule has 0 bridgehead atoms. The van der Waals surface area contributed by atoms with Gasteiger partial charge in [-0.2, -0.15) is 4.98 Å². The molecule has 13 nitrogen and oxygen atoms in total. The summed E-state index contributed by atoms with van der Waals surface area (Å²) in [7, 11) is -4.98.